The molecule has 0 unspecified atom stereocenters. The fourth-order valence-electron chi connectivity index (χ4n) is 3.03. The molecule has 0 fully saturated rings. The SMILES string of the molecule is O=C1Cc2cc(Nc3ncc(Br)c(NCc4cccc(OC(F)(F)F)c4)n3)ccc2N1. The summed E-state index contributed by atoms with van der Waals surface area (Å²) in [6.45, 7) is 0.219. The number of aromatic nitrogens is 2. The molecule has 1 aliphatic rings. The minimum atomic E-state index is -4.75. The van der Waals surface area contributed by atoms with Crippen LogP contribution in [0.25, 0.3) is 0 Å². The van der Waals surface area contributed by atoms with E-state index in [9.17, 15) is 18.0 Å². The van der Waals surface area contributed by atoms with Gasteiger partial charge in [0.15, 0.2) is 0 Å². The smallest absolute Gasteiger partial charge is 0.406 e. The largest absolute Gasteiger partial charge is 0.573 e. The Labute approximate surface area is 183 Å². The molecule has 2 heterocycles. The molecule has 0 radical (unpaired) electrons. The number of carbonyl (C=O) groups excluding carboxylic acids is 1. The molecule has 1 aliphatic heterocycles. The number of nitrogens with zero attached hydrogens (tertiary/aromatic N) is 2. The number of carbonyl (C=O) groups is 1. The van der Waals surface area contributed by atoms with Gasteiger partial charge >= 0.3 is 6.36 Å². The minimum Gasteiger partial charge on any atom is -0.406 e. The highest BCUT2D eigenvalue weighted by molar-refractivity contribution is 9.10. The van der Waals surface area contributed by atoms with Crippen LogP contribution in [0.5, 0.6) is 5.75 Å². The van der Waals surface area contributed by atoms with E-state index in [0.29, 0.717) is 28.2 Å². The summed E-state index contributed by atoms with van der Waals surface area (Å²) in [4.78, 5) is 20.1. The van der Waals surface area contributed by atoms with Gasteiger partial charge in [-0.25, -0.2) is 4.98 Å². The van der Waals surface area contributed by atoms with E-state index in [1.54, 1.807) is 24.4 Å². The molecule has 0 bridgehead atoms. The molecule has 0 saturated heterocycles. The fourth-order valence-corrected chi connectivity index (χ4v) is 3.36. The third kappa shape index (κ3) is 5.43. The molecule has 1 amide bonds. The van der Waals surface area contributed by atoms with Crippen molar-refractivity contribution in [2.24, 2.45) is 0 Å². The van der Waals surface area contributed by atoms with Gasteiger partial charge in [0.1, 0.15) is 11.6 Å². The van der Waals surface area contributed by atoms with E-state index in [0.717, 1.165) is 16.9 Å². The van der Waals surface area contributed by atoms with Crippen LogP contribution in [0.3, 0.4) is 0 Å². The molecule has 7 nitrogen and oxygen atoms in total. The lowest BCUT2D eigenvalue weighted by Crippen LogP contribution is -2.17. The van der Waals surface area contributed by atoms with Gasteiger partial charge in [-0.3, -0.25) is 4.79 Å². The lowest BCUT2D eigenvalue weighted by Gasteiger charge is -2.12. The van der Waals surface area contributed by atoms with Gasteiger partial charge < -0.3 is 20.7 Å². The second-order valence-electron chi connectivity index (χ2n) is 6.66. The summed E-state index contributed by atoms with van der Waals surface area (Å²) in [5, 5.41) is 8.91. The van der Waals surface area contributed by atoms with Gasteiger partial charge in [-0.2, -0.15) is 4.98 Å². The molecule has 0 saturated carbocycles. The number of rotatable bonds is 6. The number of hydrogen-bond acceptors (Lipinski definition) is 6. The average molecular weight is 494 g/mol. The van der Waals surface area contributed by atoms with Crippen molar-refractivity contribution in [3.05, 3.63) is 64.3 Å². The first kappa shape index (κ1) is 20.9. The van der Waals surface area contributed by atoms with Crippen LogP contribution in [0.4, 0.5) is 36.3 Å². The highest BCUT2D eigenvalue weighted by Gasteiger charge is 2.31. The van der Waals surface area contributed by atoms with Gasteiger partial charge in [0, 0.05) is 24.1 Å². The summed E-state index contributed by atoms with van der Waals surface area (Å²) in [6, 6.07) is 11.1. The monoisotopic (exact) mass is 493 g/mol. The zero-order chi connectivity index (χ0) is 22.0. The molecule has 31 heavy (non-hydrogen) atoms. The van der Waals surface area contributed by atoms with Crippen LogP contribution < -0.4 is 20.7 Å². The maximum atomic E-state index is 12.4. The van der Waals surface area contributed by atoms with Gasteiger partial charge in [-0.05, 0) is 57.4 Å². The van der Waals surface area contributed by atoms with E-state index in [4.69, 9.17) is 0 Å². The maximum absolute atomic E-state index is 12.4. The van der Waals surface area contributed by atoms with Crippen LogP contribution in [0.1, 0.15) is 11.1 Å². The Hall–Kier alpha value is -3.34. The summed E-state index contributed by atoms with van der Waals surface area (Å²) in [6.07, 6.45) is -2.88. The van der Waals surface area contributed by atoms with Gasteiger partial charge in [0.25, 0.3) is 0 Å². The first-order valence-electron chi connectivity index (χ1n) is 9.06. The highest BCUT2D eigenvalue weighted by atomic mass is 79.9. The topological polar surface area (TPSA) is 88.2 Å². The molecule has 3 aromatic rings. The van der Waals surface area contributed by atoms with Crippen molar-refractivity contribution >= 4 is 45.0 Å². The van der Waals surface area contributed by atoms with Crippen LogP contribution in [0.15, 0.2) is 53.1 Å². The summed E-state index contributed by atoms with van der Waals surface area (Å²) in [5.41, 5.74) is 2.97. The lowest BCUT2D eigenvalue weighted by molar-refractivity contribution is -0.274. The molecular weight excluding hydrogens is 479 g/mol. The van der Waals surface area contributed by atoms with Gasteiger partial charge in [-0.1, -0.05) is 12.1 Å². The van der Waals surface area contributed by atoms with E-state index >= 15 is 0 Å². The van der Waals surface area contributed by atoms with Crippen LogP contribution >= 0.6 is 15.9 Å². The Morgan fingerprint density at radius 3 is 2.84 bits per heavy atom. The highest BCUT2D eigenvalue weighted by Crippen LogP contribution is 2.28. The number of nitrogens with one attached hydrogen (secondary N) is 3. The number of hydrogen-bond donors (Lipinski definition) is 3. The van der Waals surface area contributed by atoms with Crippen LogP contribution in [0.2, 0.25) is 0 Å². The third-order valence-corrected chi connectivity index (χ3v) is 4.90. The Morgan fingerprint density at radius 1 is 1.19 bits per heavy atom. The van der Waals surface area contributed by atoms with Crippen molar-refractivity contribution < 1.29 is 22.7 Å². The second kappa shape index (κ2) is 8.42. The number of benzene rings is 2. The Kier molecular flexibility index (Phi) is 5.68. The molecule has 0 aliphatic carbocycles. The van der Waals surface area contributed by atoms with E-state index in [1.807, 2.05) is 6.07 Å². The third-order valence-electron chi connectivity index (χ3n) is 4.32. The molecule has 4 rings (SSSR count). The van der Waals surface area contributed by atoms with Gasteiger partial charge in [-0.15, -0.1) is 13.2 Å². The Morgan fingerprint density at radius 2 is 2.03 bits per heavy atom. The number of halogens is 4. The van der Waals surface area contributed by atoms with Crippen molar-refractivity contribution in [2.75, 3.05) is 16.0 Å². The average Bonchev–Trinajstić information content (AvgIpc) is 3.06. The normalized spacial score (nSPS) is 12.8. The first-order valence-corrected chi connectivity index (χ1v) is 9.85. The molecule has 0 atom stereocenters. The molecule has 160 valence electrons. The van der Waals surface area contributed by atoms with Gasteiger partial charge in [0.2, 0.25) is 11.9 Å². The molecule has 1 aromatic heterocycles. The van der Waals surface area contributed by atoms with E-state index < -0.39 is 6.36 Å². The second-order valence-corrected chi connectivity index (χ2v) is 7.52. The molecule has 0 spiro atoms. The summed E-state index contributed by atoms with van der Waals surface area (Å²) in [7, 11) is 0. The Bertz CT molecular complexity index is 1140. The number of anilines is 4. The van der Waals surface area contributed by atoms with Crippen LogP contribution in [0, 0.1) is 0 Å². The molecule has 11 heteroatoms. The zero-order valence-corrected chi connectivity index (χ0v) is 17.3. The standard InChI is InChI=1S/C20H15BrF3N5O2/c21-15-10-26-19(27-13-4-5-16-12(7-13)8-17(30)28-16)29-18(15)25-9-11-2-1-3-14(6-11)31-20(22,23)24/h1-7,10H,8-9H2,(H,28,30)(H2,25,26,27,29). The fraction of sp³-hybridized carbons (Fsp3) is 0.150. The van der Waals surface area contributed by atoms with Gasteiger partial charge in [0.05, 0.1) is 10.9 Å². The number of alkyl halides is 3. The van der Waals surface area contributed by atoms with E-state index in [-0.39, 0.29) is 18.2 Å². The molecule has 3 N–H and O–H groups in total. The predicted molar refractivity (Wildman–Crippen MR) is 112 cm³/mol. The quantitative estimate of drug-likeness (QED) is 0.448. The minimum absolute atomic E-state index is 0.0526. The van der Waals surface area contributed by atoms with E-state index in [2.05, 4.69) is 46.6 Å². The summed E-state index contributed by atoms with van der Waals surface area (Å²) >= 11 is 3.36. The summed E-state index contributed by atoms with van der Waals surface area (Å²) in [5.74, 6) is 0.429. The van der Waals surface area contributed by atoms with Crippen molar-refractivity contribution in [3.63, 3.8) is 0 Å². The zero-order valence-electron chi connectivity index (χ0n) is 15.8. The van der Waals surface area contributed by atoms with Crippen molar-refractivity contribution in [3.8, 4) is 5.75 Å². The number of amides is 1. The number of ether oxygens (including phenoxy) is 1. The lowest BCUT2D eigenvalue weighted by atomic mass is 10.1. The summed E-state index contributed by atoms with van der Waals surface area (Å²) < 4.78 is 41.7. The molecule has 2 aromatic carbocycles. The van der Waals surface area contributed by atoms with Crippen molar-refractivity contribution in [1.82, 2.24) is 9.97 Å². The van der Waals surface area contributed by atoms with Crippen LogP contribution in [-0.2, 0) is 17.8 Å². The Balaban J connectivity index is 1.45. The van der Waals surface area contributed by atoms with Crippen LogP contribution in [-0.4, -0.2) is 22.2 Å². The van der Waals surface area contributed by atoms with Crippen molar-refractivity contribution in [1.29, 1.82) is 0 Å². The predicted octanol–water partition coefficient (Wildman–Crippen LogP) is 4.99. The maximum Gasteiger partial charge on any atom is 0.573 e. The molecular formula is C20H15BrF3N5O2. The van der Waals surface area contributed by atoms with Crippen molar-refractivity contribution in [2.45, 2.75) is 19.3 Å². The first-order chi connectivity index (χ1) is 14.7. The van der Waals surface area contributed by atoms with E-state index in [1.165, 1.54) is 18.2 Å². The number of fused-ring (bicyclic) bond motifs is 1.